The quantitative estimate of drug-likeness (QED) is 0.816. The van der Waals surface area contributed by atoms with Crippen molar-refractivity contribution in [1.82, 2.24) is 0 Å². The van der Waals surface area contributed by atoms with E-state index in [0.29, 0.717) is 0 Å². The van der Waals surface area contributed by atoms with Gasteiger partial charge in [-0.15, -0.1) is 0 Å². The largest absolute Gasteiger partial charge is 0.386 e. The topological polar surface area (TPSA) is 32.8 Å². The van der Waals surface area contributed by atoms with Crippen LogP contribution in [0.3, 0.4) is 0 Å². The van der Waals surface area contributed by atoms with E-state index in [0.717, 1.165) is 11.1 Å². The molecule has 2 aromatic rings. The molecule has 1 heterocycles. The van der Waals surface area contributed by atoms with Crippen LogP contribution in [0.1, 0.15) is 23.3 Å². The Kier molecular flexibility index (Phi) is 2.67. The standard InChI is InChI=1S/C15H14O2/c16-13(11-7-3-1-4-8-11)15-14(17-15)12-9-5-2-6-10-12/h1-10,13-16H/t13-,14+,15-/m1/s1. The second kappa shape index (κ2) is 4.32. The molecule has 0 radical (unpaired) electrons. The smallest absolute Gasteiger partial charge is 0.119 e. The van der Waals surface area contributed by atoms with Gasteiger partial charge in [-0.1, -0.05) is 60.7 Å². The van der Waals surface area contributed by atoms with Gasteiger partial charge in [0.2, 0.25) is 0 Å². The molecule has 1 saturated heterocycles. The number of aliphatic hydroxyl groups is 1. The van der Waals surface area contributed by atoms with E-state index in [1.54, 1.807) is 0 Å². The molecule has 0 saturated carbocycles. The molecule has 0 amide bonds. The molecular formula is C15H14O2. The van der Waals surface area contributed by atoms with Crippen molar-refractivity contribution in [3.63, 3.8) is 0 Å². The summed E-state index contributed by atoms with van der Waals surface area (Å²) < 4.78 is 5.57. The van der Waals surface area contributed by atoms with Gasteiger partial charge in [0.05, 0.1) is 0 Å². The van der Waals surface area contributed by atoms with Crippen molar-refractivity contribution in [1.29, 1.82) is 0 Å². The monoisotopic (exact) mass is 226 g/mol. The Morgan fingerprint density at radius 2 is 1.47 bits per heavy atom. The van der Waals surface area contributed by atoms with E-state index < -0.39 is 6.10 Å². The van der Waals surface area contributed by atoms with Crippen molar-refractivity contribution in [3.8, 4) is 0 Å². The van der Waals surface area contributed by atoms with Crippen molar-refractivity contribution in [2.45, 2.75) is 18.3 Å². The minimum atomic E-state index is -0.540. The van der Waals surface area contributed by atoms with Crippen LogP contribution in [-0.2, 0) is 4.74 Å². The van der Waals surface area contributed by atoms with E-state index in [1.165, 1.54) is 0 Å². The maximum Gasteiger partial charge on any atom is 0.119 e. The van der Waals surface area contributed by atoms with Gasteiger partial charge in [0, 0.05) is 0 Å². The molecule has 0 bridgehead atoms. The highest BCUT2D eigenvalue weighted by Gasteiger charge is 2.45. The number of epoxide rings is 1. The number of hydrogen-bond acceptors (Lipinski definition) is 2. The van der Waals surface area contributed by atoms with Crippen molar-refractivity contribution < 1.29 is 9.84 Å². The molecule has 0 aromatic heterocycles. The Hall–Kier alpha value is -1.64. The molecule has 1 N–H and O–H groups in total. The van der Waals surface area contributed by atoms with E-state index in [9.17, 15) is 5.11 Å². The molecule has 2 heteroatoms. The van der Waals surface area contributed by atoms with Gasteiger partial charge in [0.1, 0.15) is 18.3 Å². The van der Waals surface area contributed by atoms with Crippen LogP contribution in [0.5, 0.6) is 0 Å². The summed E-state index contributed by atoms with van der Waals surface area (Å²) in [6.45, 7) is 0. The van der Waals surface area contributed by atoms with Crippen molar-refractivity contribution in [2.24, 2.45) is 0 Å². The van der Waals surface area contributed by atoms with Crippen LogP contribution in [-0.4, -0.2) is 11.2 Å². The summed E-state index contributed by atoms with van der Waals surface area (Å²) >= 11 is 0. The average molecular weight is 226 g/mol. The Morgan fingerprint density at radius 3 is 2.12 bits per heavy atom. The first-order valence-electron chi connectivity index (χ1n) is 5.79. The number of benzene rings is 2. The van der Waals surface area contributed by atoms with E-state index in [1.807, 2.05) is 60.7 Å². The lowest BCUT2D eigenvalue weighted by atomic mass is 10.0. The van der Waals surface area contributed by atoms with Gasteiger partial charge in [0.15, 0.2) is 0 Å². The summed E-state index contributed by atoms with van der Waals surface area (Å²) in [7, 11) is 0. The van der Waals surface area contributed by atoms with Crippen LogP contribution >= 0.6 is 0 Å². The van der Waals surface area contributed by atoms with Gasteiger partial charge in [-0.2, -0.15) is 0 Å². The highest BCUT2D eigenvalue weighted by atomic mass is 16.6. The first-order valence-corrected chi connectivity index (χ1v) is 5.79. The number of hydrogen-bond donors (Lipinski definition) is 1. The number of aliphatic hydroxyl groups excluding tert-OH is 1. The van der Waals surface area contributed by atoms with Gasteiger partial charge in [-0.05, 0) is 11.1 Å². The predicted octanol–water partition coefficient (Wildman–Crippen LogP) is 2.86. The molecule has 1 aliphatic heterocycles. The van der Waals surface area contributed by atoms with E-state index in [2.05, 4.69) is 0 Å². The van der Waals surface area contributed by atoms with Gasteiger partial charge in [-0.25, -0.2) is 0 Å². The molecule has 0 unspecified atom stereocenters. The van der Waals surface area contributed by atoms with E-state index >= 15 is 0 Å². The summed E-state index contributed by atoms with van der Waals surface area (Å²) in [5.74, 6) is 0. The molecule has 1 aliphatic rings. The first-order chi connectivity index (χ1) is 8.36. The summed E-state index contributed by atoms with van der Waals surface area (Å²) in [5.41, 5.74) is 2.04. The van der Waals surface area contributed by atoms with Crippen molar-refractivity contribution in [3.05, 3.63) is 71.8 Å². The minimum absolute atomic E-state index is 0.0337. The van der Waals surface area contributed by atoms with Crippen LogP contribution in [0.15, 0.2) is 60.7 Å². The average Bonchev–Trinajstić information content (AvgIpc) is 3.20. The maximum absolute atomic E-state index is 10.2. The van der Waals surface area contributed by atoms with Crippen LogP contribution in [0, 0.1) is 0 Å². The van der Waals surface area contributed by atoms with Crippen LogP contribution in [0.25, 0.3) is 0 Å². The SMILES string of the molecule is O[C@H](c1ccccc1)[C@H]1O[C@H]1c1ccccc1. The highest BCUT2D eigenvalue weighted by Crippen LogP contribution is 2.45. The molecule has 3 rings (SSSR count). The Balaban J connectivity index is 1.73. The third kappa shape index (κ3) is 2.09. The Bertz CT molecular complexity index is 481. The molecule has 17 heavy (non-hydrogen) atoms. The van der Waals surface area contributed by atoms with Gasteiger partial charge < -0.3 is 9.84 Å². The summed E-state index contributed by atoms with van der Waals surface area (Å²) in [5, 5.41) is 10.2. The second-order valence-corrected chi connectivity index (χ2v) is 4.29. The van der Waals surface area contributed by atoms with Gasteiger partial charge in [-0.3, -0.25) is 0 Å². The lowest BCUT2D eigenvalue weighted by molar-refractivity contribution is 0.137. The lowest BCUT2D eigenvalue weighted by Crippen LogP contribution is -2.05. The third-order valence-corrected chi connectivity index (χ3v) is 3.11. The van der Waals surface area contributed by atoms with Gasteiger partial charge in [0.25, 0.3) is 0 Å². The van der Waals surface area contributed by atoms with Crippen molar-refractivity contribution >= 4 is 0 Å². The molecule has 3 atom stereocenters. The summed E-state index contributed by atoms with van der Waals surface area (Å²) in [6.07, 6.45) is -0.618. The molecule has 2 nitrogen and oxygen atoms in total. The van der Waals surface area contributed by atoms with Crippen LogP contribution in [0.2, 0.25) is 0 Å². The number of ether oxygens (including phenoxy) is 1. The molecule has 2 aromatic carbocycles. The second-order valence-electron chi connectivity index (χ2n) is 4.29. The minimum Gasteiger partial charge on any atom is -0.386 e. The van der Waals surface area contributed by atoms with Gasteiger partial charge >= 0.3 is 0 Å². The predicted molar refractivity (Wildman–Crippen MR) is 65.5 cm³/mol. The first kappa shape index (κ1) is 10.5. The Morgan fingerprint density at radius 1 is 0.882 bits per heavy atom. The zero-order valence-electron chi connectivity index (χ0n) is 9.36. The summed E-state index contributed by atoms with van der Waals surface area (Å²) in [6, 6.07) is 19.7. The van der Waals surface area contributed by atoms with Crippen LogP contribution in [0.4, 0.5) is 0 Å². The molecular weight excluding hydrogens is 212 g/mol. The zero-order valence-corrected chi connectivity index (χ0v) is 9.36. The fourth-order valence-electron chi connectivity index (χ4n) is 2.11. The summed E-state index contributed by atoms with van der Waals surface area (Å²) in [4.78, 5) is 0. The van der Waals surface area contributed by atoms with Crippen molar-refractivity contribution in [2.75, 3.05) is 0 Å². The van der Waals surface area contributed by atoms with E-state index in [4.69, 9.17) is 4.74 Å². The highest BCUT2D eigenvalue weighted by molar-refractivity contribution is 5.26. The fraction of sp³-hybridized carbons (Fsp3) is 0.200. The fourth-order valence-corrected chi connectivity index (χ4v) is 2.11. The zero-order chi connectivity index (χ0) is 11.7. The third-order valence-electron chi connectivity index (χ3n) is 3.11. The Labute approximate surface area is 100 Å². The van der Waals surface area contributed by atoms with Crippen LogP contribution < -0.4 is 0 Å². The molecule has 1 fully saturated rings. The number of rotatable bonds is 3. The molecule has 0 aliphatic carbocycles. The maximum atomic E-state index is 10.2. The molecule has 0 spiro atoms. The van der Waals surface area contributed by atoms with E-state index in [-0.39, 0.29) is 12.2 Å². The normalized spacial score (nSPS) is 24.3. The lowest BCUT2D eigenvalue weighted by Gasteiger charge is -2.07. The molecule has 86 valence electrons.